The Bertz CT molecular complexity index is 889. The van der Waals surface area contributed by atoms with Gasteiger partial charge in [-0.05, 0) is 45.7 Å². The number of aliphatic carboxylic acids is 1. The van der Waals surface area contributed by atoms with Crippen molar-refractivity contribution in [2.75, 3.05) is 44.6 Å². The number of amides is 2. The average Bonchev–Trinajstić information content (AvgIpc) is 3.04. The van der Waals surface area contributed by atoms with Gasteiger partial charge in [-0.25, -0.2) is 4.79 Å². The molecule has 3 atom stereocenters. The van der Waals surface area contributed by atoms with Crippen LogP contribution in [0.5, 0.6) is 5.75 Å². The quantitative estimate of drug-likeness (QED) is 0.260. The first-order chi connectivity index (χ1) is 16.3. The van der Waals surface area contributed by atoms with Crippen molar-refractivity contribution in [1.82, 2.24) is 4.90 Å². The van der Waals surface area contributed by atoms with Crippen molar-refractivity contribution in [2.45, 2.75) is 46.1 Å². The highest BCUT2D eigenvalue weighted by molar-refractivity contribution is 6.05. The topological polar surface area (TPSA) is 95.9 Å². The van der Waals surface area contributed by atoms with Crippen molar-refractivity contribution in [3.05, 3.63) is 36.4 Å². The van der Waals surface area contributed by atoms with Gasteiger partial charge >= 0.3 is 5.97 Å². The maximum atomic E-state index is 12.7. The van der Waals surface area contributed by atoms with E-state index in [9.17, 15) is 19.5 Å². The maximum absolute atomic E-state index is 12.7. The summed E-state index contributed by atoms with van der Waals surface area (Å²) in [7, 11) is 0. The molecular weight excluding hydrogens is 434 g/mol. The van der Waals surface area contributed by atoms with Gasteiger partial charge in [0.25, 0.3) is 0 Å². The third-order valence-electron chi connectivity index (χ3n) is 6.91. The molecule has 1 saturated heterocycles. The van der Waals surface area contributed by atoms with Crippen LogP contribution in [0.1, 0.15) is 40.0 Å². The summed E-state index contributed by atoms with van der Waals surface area (Å²) in [6, 6.07) is 7.73. The van der Waals surface area contributed by atoms with Crippen LogP contribution in [0.2, 0.25) is 0 Å². The Kier molecular flexibility index (Phi) is 8.72. The van der Waals surface area contributed by atoms with Gasteiger partial charge in [0.1, 0.15) is 5.75 Å². The Labute approximate surface area is 202 Å². The lowest BCUT2D eigenvalue weighted by atomic mass is 9.85. The number of nitrogens with one attached hydrogen (secondary N) is 1. The first-order valence-electron chi connectivity index (χ1n) is 12.3. The van der Waals surface area contributed by atoms with E-state index in [0.717, 1.165) is 11.4 Å². The van der Waals surface area contributed by atoms with E-state index in [1.165, 1.54) is 4.90 Å². The fourth-order valence-electron chi connectivity index (χ4n) is 5.04. The van der Waals surface area contributed by atoms with Gasteiger partial charge in [-0.15, -0.1) is 0 Å². The van der Waals surface area contributed by atoms with Gasteiger partial charge in [0, 0.05) is 13.0 Å². The van der Waals surface area contributed by atoms with Crippen LogP contribution in [0, 0.1) is 11.8 Å². The van der Waals surface area contributed by atoms with Crippen LogP contribution >= 0.6 is 0 Å². The highest BCUT2D eigenvalue weighted by atomic mass is 16.5. The number of hydrogen-bond donors (Lipinski definition) is 2. The molecule has 2 N–H and O–H groups in total. The van der Waals surface area contributed by atoms with Crippen LogP contribution in [-0.2, 0) is 14.4 Å². The van der Waals surface area contributed by atoms with Crippen LogP contribution < -0.4 is 10.1 Å². The van der Waals surface area contributed by atoms with Crippen molar-refractivity contribution in [3.8, 4) is 5.75 Å². The van der Waals surface area contributed by atoms with E-state index in [0.29, 0.717) is 56.5 Å². The summed E-state index contributed by atoms with van der Waals surface area (Å²) in [5.74, 6) is -0.673. The minimum Gasteiger partial charge on any atom is -0.489 e. The number of para-hydroxylation sites is 2. The van der Waals surface area contributed by atoms with Crippen LogP contribution in [0.25, 0.3) is 0 Å². The smallest absolute Gasteiger partial charge is 0.359 e. The zero-order valence-electron chi connectivity index (χ0n) is 20.5. The molecule has 2 amide bonds. The predicted molar refractivity (Wildman–Crippen MR) is 130 cm³/mol. The summed E-state index contributed by atoms with van der Waals surface area (Å²) < 4.78 is 6.24. The van der Waals surface area contributed by atoms with Crippen LogP contribution in [0.3, 0.4) is 0 Å². The van der Waals surface area contributed by atoms with Crippen LogP contribution in [0.15, 0.2) is 36.4 Å². The zero-order chi connectivity index (χ0) is 24.7. The number of benzene rings is 1. The highest BCUT2D eigenvalue weighted by Crippen LogP contribution is 2.35. The number of anilines is 1. The van der Waals surface area contributed by atoms with Crippen molar-refractivity contribution >= 4 is 23.5 Å². The molecule has 0 saturated carbocycles. The standard InChI is InChI=1S/C26H37N3O5/c1-4-29(18-24(30)31,17-14-27-22-12-7-8-13-23(22)34-19(2)3)16-9-15-28-25(32)20-10-5-6-11-21(20)26(28)33/h5-8,12-13,19-21,27H,4,9-11,14-18H2,1-3H3/p+1. The molecule has 2 aliphatic rings. The van der Waals surface area contributed by atoms with Gasteiger partial charge in [-0.2, -0.15) is 0 Å². The Balaban J connectivity index is 1.60. The van der Waals surface area contributed by atoms with Crippen molar-refractivity contribution < 1.29 is 28.7 Å². The van der Waals surface area contributed by atoms with E-state index < -0.39 is 5.97 Å². The second-order valence-corrected chi connectivity index (χ2v) is 9.58. The number of ether oxygens (including phenoxy) is 1. The van der Waals surface area contributed by atoms with E-state index in [4.69, 9.17) is 4.74 Å². The third-order valence-corrected chi connectivity index (χ3v) is 6.91. The highest BCUT2D eigenvalue weighted by Gasteiger charge is 2.47. The lowest BCUT2D eigenvalue weighted by Crippen LogP contribution is -2.54. The molecule has 0 aromatic heterocycles. The summed E-state index contributed by atoms with van der Waals surface area (Å²) in [6.07, 6.45) is 5.87. The van der Waals surface area contributed by atoms with Crippen LogP contribution in [0.4, 0.5) is 5.69 Å². The third kappa shape index (κ3) is 6.17. The molecule has 3 unspecified atom stereocenters. The molecule has 1 aromatic rings. The number of nitrogens with zero attached hydrogens (tertiary/aromatic N) is 2. The minimum absolute atomic E-state index is 0.000611. The average molecular weight is 473 g/mol. The molecule has 1 aliphatic heterocycles. The van der Waals surface area contributed by atoms with Gasteiger partial charge in [-0.3, -0.25) is 14.5 Å². The molecule has 1 aliphatic carbocycles. The molecule has 34 heavy (non-hydrogen) atoms. The molecule has 0 spiro atoms. The number of likely N-dealkylation sites (N-methyl/N-ethyl adjacent to an activating group) is 1. The first kappa shape index (κ1) is 25.7. The van der Waals surface area contributed by atoms with Gasteiger partial charge in [0.05, 0.1) is 49.8 Å². The second-order valence-electron chi connectivity index (χ2n) is 9.58. The number of carboxylic acid groups (broad SMARTS) is 1. The monoisotopic (exact) mass is 472 g/mol. The summed E-state index contributed by atoms with van der Waals surface area (Å²) in [4.78, 5) is 38.6. The largest absolute Gasteiger partial charge is 0.489 e. The Morgan fingerprint density at radius 2 is 1.79 bits per heavy atom. The lowest BCUT2D eigenvalue weighted by Gasteiger charge is -2.37. The van der Waals surface area contributed by atoms with E-state index in [-0.39, 0.29) is 36.3 Å². The number of fused-ring (bicyclic) bond motifs is 1. The number of allylic oxidation sites excluding steroid dienone is 2. The normalized spacial score (nSPS) is 21.5. The number of rotatable bonds is 13. The number of carbonyl (C=O) groups is 3. The van der Waals surface area contributed by atoms with E-state index in [1.54, 1.807) is 0 Å². The van der Waals surface area contributed by atoms with Crippen molar-refractivity contribution in [1.29, 1.82) is 0 Å². The van der Waals surface area contributed by atoms with Gasteiger partial charge in [0.2, 0.25) is 11.8 Å². The van der Waals surface area contributed by atoms with Crippen molar-refractivity contribution in [2.24, 2.45) is 11.8 Å². The minimum atomic E-state index is -0.851. The number of imide groups is 1. The molecule has 1 fully saturated rings. The fraction of sp³-hybridized carbons (Fsp3) is 0.577. The number of carboxylic acids is 1. The Morgan fingerprint density at radius 1 is 1.15 bits per heavy atom. The summed E-state index contributed by atoms with van der Waals surface area (Å²) in [5, 5.41) is 13.0. The molecule has 0 bridgehead atoms. The van der Waals surface area contributed by atoms with E-state index in [1.807, 2.05) is 57.2 Å². The van der Waals surface area contributed by atoms with Crippen LogP contribution in [-0.4, -0.2) is 77.6 Å². The second kappa shape index (κ2) is 11.5. The number of quaternary nitrogens is 1. The first-order valence-corrected chi connectivity index (χ1v) is 12.3. The molecule has 3 rings (SSSR count). The Hall–Kier alpha value is -2.87. The zero-order valence-corrected chi connectivity index (χ0v) is 20.5. The van der Waals surface area contributed by atoms with E-state index >= 15 is 0 Å². The molecular formula is C26H38N3O5+. The molecule has 1 heterocycles. The predicted octanol–water partition coefficient (Wildman–Crippen LogP) is 3.15. The molecule has 8 nitrogen and oxygen atoms in total. The van der Waals surface area contributed by atoms with Gasteiger partial charge < -0.3 is 19.6 Å². The summed E-state index contributed by atoms with van der Waals surface area (Å²) in [6.45, 7) is 8.71. The summed E-state index contributed by atoms with van der Waals surface area (Å²) >= 11 is 0. The lowest BCUT2D eigenvalue weighted by molar-refractivity contribution is -0.918. The van der Waals surface area contributed by atoms with Crippen molar-refractivity contribution in [3.63, 3.8) is 0 Å². The number of likely N-dealkylation sites (tertiary alicyclic amines) is 1. The van der Waals surface area contributed by atoms with Gasteiger partial charge in [-0.1, -0.05) is 24.3 Å². The SMILES string of the molecule is CC[N+](CCCN1C(=O)C2CC=CCC2C1=O)(CCNc1ccccc1OC(C)C)CC(=O)O. The molecule has 1 aromatic carbocycles. The number of carbonyl (C=O) groups excluding carboxylic acids is 2. The maximum Gasteiger partial charge on any atom is 0.359 e. The molecule has 186 valence electrons. The molecule has 0 radical (unpaired) electrons. The Morgan fingerprint density at radius 3 is 2.38 bits per heavy atom. The van der Waals surface area contributed by atoms with Gasteiger partial charge in [0.15, 0.2) is 6.54 Å². The number of hydrogen-bond acceptors (Lipinski definition) is 5. The molecule has 8 heteroatoms. The fourth-order valence-corrected chi connectivity index (χ4v) is 5.04. The summed E-state index contributed by atoms with van der Waals surface area (Å²) in [5.41, 5.74) is 0.880. The van der Waals surface area contributed by atoms with E-state index in [2.05, 4.69) is 5.32 Å².